The Hall–Kier alpha value is -3.09. The second-order valence-electron chi connectivity index (χ2n) is 6.42. The molecule has 0 bridgehead atoms. The smallest absolute Gasteiger partial charge is 0.345 e. The standard InChI is InChI=1S/C20H18F3N3O/c1-12-6-4-9-15-17(12)16(19(27)26(2)3)11-24-18(15)25-14-8-5-7-13(10-14)20(21,22)23/h4-11H,1-3H3,(H,24,25). The van der Waals surface area contributed by atoms with E-state index in [0.717, 1.165) is 23.1 Å². The van der Waals surface area contributed by atoms with Gasteiger partial charge in [-0.2, -0.15) is 13.2 Å². The van der Waals surface area contributed by atoms with Crippen LogP contribution in [0.5, 0.6) is 0 Å². The number of halogens is 3. The molecule has 7 heteroatoms. The van der Waals surface area contributed by atoms with Crippen molar-refractivity contribution in [2.75, 3.05) is 19.4 Å². The quantitative estimate of drug-likeness (QED) is 0.702. The summed E-state index contributed by atoms with van der Waals surface area (Å²) in [5.41, 5.74) is 0.856. The van der Waals surface area contributed by atoms with Crippen LogP contribution >= 0.6 is 0 Å². The number of amides is 1. The van der Waals surface area contributed by atoms with Crippen molar-refractivity contribution in [2.24, 2.45) is 0 Å². The summed E-state index contributed by atoms with van der Waals surface area (Å²) in [5, 5.41) is 4.34. The minimum absolute atomic E-state index is 0.188. The second kappa shape index (κ2) is 6.90. The lowest BCUT2D eigenvalue weighted by Crippen LogP contribution is -2.22. The summed E-state index contributed by atoms with van der Waals surface area (Å²) in [6.45, 7) is 1.88. The molecule has 1 amide bonds. The van der Waals surface area contributed by atoms with Crippen molar-refractivity contribution in [3.05, 3.63) is 65.4 Å². The van der Waals surface area contributed by atoms with Gasteiger partial charge in [-0.3, -0.25) is 4.79 Å². The van der Waals surface area contributed by atoms with Gasteiger partial charge < -0.3 is 10.2 Å². The molecule has 0 unspecified atom stereocenters. The Balaban J connectivity index is 2.11. The third-order valence-corrected chi connectivity index (χ3v) is 4.21. The Bertz CT molecular complexity index is 1010. The van der Waals surface area contributed by atoms with Crippen LogP contribution in [0.1, 0.15) is 21.5 Å². The van der Waals surface area contributed by atoms with Crippen LogP contribution in [0.3, 0.4) is 0 Å². The number of nitrogens with one attached hydrogen (secondary N) is 1. The molecule has 4 nitrogen and oxygen atoms in total. The SMILES string of the molecule is Cc1cccc2c(Nc3cccc(C(F)(F)F)c3)ncc(C(=O)N(C)C)c12. The number of fused-ring (bicyclic) bond motifs is 1. The summed E-state index contributed by atoms with van der Waals surface area (Å²) in [5.74, 6) is 0.204. The van der Waals surface area contributed by atoms with E-state index < -0.39 is 11.7 Å². The highest BCUT2D eigenvalue weighted by molar-refractivity contribution is 6.10. The number of benzene rings is 2. The fourth-order valence-corrected chi connectivity index (χ4v) is 2.90. The molecule has 0 saturated heterocycles. The second-order valence-corrected chi connectivity index (χ2v) is 6.42. The molecule has 0 saturated carbocycles. The van der Waals surface area contributed by atoms with Crippen LogP contribution < -0.4 is 5.32 Å². The average Bonchev–Trinajstić information content (AvgIpc) is 2.61. The number of nitrogens with zero attached hydrogens (tertiary/aromatic N) is 2. The van der Waals surface area contributed by atoms with Crippen molar-refractivity contribution < 1.29 is 18.0 Å². The summed E-state index contributed by atoms with van der Waals surface area (Å²) in [6.07, 6.45) is -2.97. The number of anilines is 2. The lowest BCUT2D eigenvalue weighted by atomic mass is 10.0. The van der Waals surface area contributed by atoms with Crippen molar-refractivity contribution >= 4 is 28.2 Å². The third kappa shape index (κ3) is 3.72. The zero-order chi connectivity index (χ0) is 19.8. The van der Waals surface area contributed by atoms with Gasteiger partial charge >= 0.3 is 6.18 Å². The predicted molar refractivity (Wildman–Crippen MR) is 99.2 cm³/mol. The Morgan fingerprint density at radius 1 is 1.11 bits per heavy atom. The van der Waals surface area contributed by atoms with Crippen LogP contribution in [-0.2, 0) is 6.18 Å². The molecule has 140 valence electrons. The molecule has 0 aliphatic carbocycles. The zero-order valence-corrected chi connectivity index (χ0v) is 15.1. The molecule has 0 spiro atoms. The summed E-state index contributed by atoms with van der Waals surface area (Å²) in [7, 11) is 3.31. The molecule has 1 N–H and O–H groups in total. The number of aromatic nitrogens is 1. The van der Waals surface area contributed by atoms with E-state index in [2.05, 4.69) is 10.3 Å². The van der Waals surface area contributed by atoms with Crippen molar-refractivity contribution in [2.45, 2.75) is 13.1 Å². The molecule has 3 rings (SSSR count). The lowest BCUT2D eigenvalue weighted by Gasteiger charge is -2.16. The first-order valence-corrected chi connectivity index (χ1v) is 8.22. The van der Waals surface area contributed by atoms with Gasteiger partial charge in [0.15, 0.2) is 0 Å². The van der Waals surface area contributed by atoms with E-state index in [1.54, 1.807) is 20.2 Å². The first kappa shape index (κ1) is 18.7. The molecule has 27 heavy (non-hydrogen) atoms. The number of pyridine rings is 1. The van der Waals surface area contributed by atoms with E-state index in [1.165, 1.54) is 23.2 Å². The summed E-state index contributed by atoms with van der Waals surface area (Å²) in [4.78, 5) is 18.2. The molecule has 3 aromatic rings. The first-order valence-electron chi connectivity index (χ1n) is 8.22. The van der Waals surface area contributed by atoms with Crippen molar-refractivity contribution in [1.82, 2.24) is 9.88 Å². The molecule has 0 atom stereocenters. The molecule has 2 aromatic carbocycles. The average molecular weight is 373 g/mol. The monoisotopic (exact) mass is 373 g/mol. The van der Waals surface area contributed by atoms with Gasteiger partial charge in [0.2, 0.25) is 0 Å². The van der Waals surface area contributed by atoms with E-state index in [0.29, 0.717) is 16.8 Å². The van der Waals surface area contributed by atoms with Crippen LogP contribution in [-0.4, -0.2) is 29.9 Å². The van der Waals surface area contributed by atoms with Gasteiger partial charge in [0.1, 0.15) is 5.82 Å². The van der Waals surface area contributed by atoms with Crippen molar-refractivity contribution in [3.8, 4) is 0 Å². The Kier molecular flexibility index (Phi) is 4.78. The van der Waals surface area contributed by atoms with Gasteiger partial charge in [0, 0.05) is 36.8 Å². The number of carbonyl (C=O) groups excluding carboxylic acids is 1. The third-order valence-electron chi connectivity index (χ3n) is 4.21. The maximum atomic E-state index is 12.9. The molecular weight excluding hydrogens is 355 g/mol. The van der Waals surface area contributed by atoms with E-state index in [9.17, 15) is 18.0 Å². The summed E-state index contributed by atoms with van der Waals surface area (Å²) >= 11 is 0. The van der Waals surface area contributed by atoms with Crippen molar-refractivity contribution in [1.29, 1.82) is 0 Å². The van der Waals surface area contributed by atoms with Gasteiger partial charge in [-0.1, -0.05) is 24.3 Å². The van der Waals surface area contributed by atoms with Crippen LogP contribution in [0.15, 0.2) is 48.7 Å². The highest BCUT2D eigenvalue weighted by Crippen LogP contribution is 2.33. The van der Waals surface area contributed by atoms with E-state index in [4.69, 9.17) is 0 Å². The minimum atomic E-state index is -4.42. The molecule has 0 aliphatic rings. The Morgan fingerprint density at radius 3 is 2.48 bits per heavy atom. The highest BCUT2D eigenvalue weighted by Gasteiger charge is 2.30. The van der Waals surface area contributed by atoms with Crippen LogP contribution in [0.2, 0.25) is 0 Å². The molecule has 0 radical (unpaired) electrons. The largest absolute Gasteiger partial charge is 0.416 e. The minimum Gasteiger partial charge on any atom is -0.345 e. The van der Waals surface area contributed by atoms with E-state index in [-0.39, 0.29) is 11.6 Å². The van der Waals surface area contributed by atoms with E-state index >= 15 is 0 Å². The number of alkyl halides is 3. The van der Waals surface area contributed by atoms with Crippen molar-refractivity contribution in [3.63, 3.8) is 0 Å². The Labute approximate surface area is 154 Å². The fourth-order valence-electron chi connectivity index (χ4n) is 2.90. The molecule has 0 fully saturated rings. The zero-order valence-electron chi connectivity index (χ0n) is 15.1. The number of rotatable bonds is 3. The molecule has 0 aliphatic heterocycles. The maximum absolute atomic E-state index is 12.9. The fraction of sp³-hybridized carbons (Fsp3) is 0.200. The van der Waals surface area contributed by atoms with Gasteiger partial charge in [-0.05, 0) is 30.7 Å². The van der Waals surface area contributed by atoms with Crippen LogP contribution in [0, 0.1) is 6.92 Å². The summed E-state index contributed by atoms with van der Waals surface area (Å²) in [6, 6.07) is 10.4. The number of carbonyl (C=O) groups is 1. The van der Waals surface area contributed by atoms with Crippen LogP contribution in [0.25, 0.3) is 10.8 Å². The highest BCUT2D eigenvalue weighted by atomic mass is 19.4. The topological polar surface area (TPSA) is 45.2 Å². The maximum Gasteiger partial charge on any atom is 0.416 e. The van der Waals surface area contributed by atoms with Gasteiger partial charge in [-0.25, -0.2) is 4.98 Å². The molecule has 1 heterocycles. The predicted octanol–water partition coefficient (Wildman–Crippen LogP) is 5.01. The lowest BCUT2D eigenvalue weighted by molar-refractivity contribution is -0.137. The normalized spacial score (nSPS) is 11.5. The number of aryl methyl sites for hydroxylation is 1. The molecule has 1 aromatic heterocycles. The Morgan fingerprint density at radius 2 is 1.81 bits per heavy atom. The van der Waals surface area contributed by atoms with E-state index in [1.807, 2.05) is 19.1 Å². The first-order chi connectivity index (χ1) is 12.7. The van der Waals surface area contributed by atoms with Crippen LogP contribution in [0.4, 0.5) is 24.7 Å². The van der Waals surface area contributed by atoms with Gasteiger partial charge in [0.25, 0.3) is 5.91 Å². The van der Waals surface area contributed by atoms with Gasteiger partial charge in [0.05, 0.1) is 11.1 Å². The number of hydrogen-bond acceptors (Lipinski definition) is 3. The molecular formula is C20H18F3N3O. The summed E-state index contributed by atoms with van der Waals surface area (Å²) < 4.78 is 38.8. The number of hydrogen-bond donors (Lipinski definition) is 1. The van der Waals surface area contributed by atoms with Gasteiger partial charge in [-0.15, -0.1) is 0 Å².